The molecule has 0 radical (unpaired) electrons. The maximum atomic E-state index is 4.34. The zero-order valence-corrected chi connectivity index (χ0v) is 11.5. The van der Waals surface area contributed by atoms with Crippen molar-refractivity contribution in [2.45, 2.75) is 39.2 Å². The summed E-state index contributed by atoms with van der Waals surface area (Å²) in [5.41, 5.74) is 5.28. The molecule has 0 unspecified atom stereocenters. The van der Waals surface area contributed by atoms with E-state index in [1.54, 1.807) is 0 Å². The third-order valence-corrected chi connectivity index (χ3v) is 3.82. The first-order chi connectivity index (χ1) is 9.40. The number of hydrogen-bond donors (Lipinski definition) is 1. The summed E-state index contributed by atoms with van der Waals surface area (Å²) in [7, 11) is 0. The van der Waals surface area contributed by atoms with Gasteiger partial charge in [-0.3, -0.25) is 0 Å². The SMILES string of the molecule is CCCCn1cncc1-c1cccc2c1NCCC2. The summed E-state index contributed by atoms with van der Waals surface area (Å²) in [6.07, 6.45) is 8.76. The maximum Gasteiger partial charge on any atom is 0.0950 e. The Hall–Kier alpha value is -1.77. The number of unbranched alkanes of at least 4 members (excludes halogenated alkanes) is 1. The number of para-hydroxylation sites is 1. The molecule has 0 amide bonds. The molecule has 1 aliphatic heterocycles. The van der Waals surface area contributed by atoms with Crippen LogP contribution < -0.4 is 5.32 Å². The third-order valence-electron chi connectivity index (χ3n) is 3.82. The number of rotatable bonds is 4. The quantitative estimate of drug-likeness (QED) is 0.902. The fourth-order valence-corrected chi connectivity index (χ4v) is 2.77. The summed E-state index contributed by atoms with van der Waals surface area (Å²) >= 11 is 0. The number of nitrogens with one attached hydrogen (secondary N) is 1. The van der Waals surface area contributed by atoms with Crippen molar-refractivity contribution in [3.8, 4) is 11.3 Å². The highest BCUT2D eigenvalue weighted by molar-refractivity contribution is 5.78. The Morgan fingerprint density at radius 3 is 3.21 bits per heavy atom. The molecule has 0 bridgehead atoms. The molecular formula is C16H21N3. The minimum atomic E-state index is 1.05. The lowest BCUT2D eigenvalue weighted by Gasteiger charge is -2.21. The second-order valence-electron chi connectivity index (χ2n) is 5.20. The molecular weight excluding hydrogens is 234 g/mol. The second-order valence-corrected chi connectivity index (χ2v) is 5.20. The van der Waals surface area contributed by atoms with E-state index in [-0.39, 0.29) is 0 Å². The Morgan fingerprint density at radius 1 is 1.37 bits per heavy atom. The van der Waals surface area contributed by atoms with Crippen molar-refractivity contribution in [3.05, 3.63) is 36.3 Å². The van der Waals surface area contributed by atoms with Crippen LogP contribution in [-0.4, -0.2) is 16.1 Å². The molecule has 0 fully saturated rings. The van der Waals surface area contributed by atoms with E-state index in [2.05, 4.69) is 40.0 Å². The Morgan fingerprint density at radius 2 is 2.32 bits per heavy atom. The predicted molar refractivity (Wildman–Crippen MR) is 79.4 cm³/mol. The second kappa shape index (κ2) is 5.47. The summed E-state index contributed by atoms with van der Waals surface area (Å²) < 4.78 is 2.27. The van der Waals surface area contributed by atoms with Crippen LogP contribution in [0.1, 0.15) is 31.7 Å². The lowest BCUT2D eigenvalue weighted by molar-refractivity contribution is 0.636. The fraction of sp³-hybridized carbons (Fsp3) is 0.438. The average molecular weight is 255 g/mol. The van der Waals surface area contributed by atoms with Gasteiger partial charge in [0.2, 0.25) is 0 Å². The van der Waals surface area contributed by atoms with Gasteiger partial charge < -0.3 is 9.88 Å². The maximum absolute atomic E-state index is 4.34. The summed E-state index contributed by atoms with van der Waals surface area (Å²) in [4.78, 5) is 4.34. The Kier molecular flexibility index (Phi) is 3.53. The molecule has 1 N–H and O–H groups in total. The smallest absolute Gasteiger partial charge is 0.0950 e. The van der Waals surface area contributed by atoms with Gasteiger partial charge in [0.05, 0.1) is 18.2 Å². The van der Waals surface area contributed by atoms with Crippen molar-refractivity contribution in [2.75, 3.05) is 11.9 Å². The number of aromatic nitrogens is 2. The zero-order valence-electron chi connectivity index (χ0n) is 11.5. The van der Waals surface area contributed by atoms with Crippen LogP contribution in [0.5, 0.6) is 0 Å². The first kappa shape index (κ1) is 12.3. The van der Waals surface area contributed by atoms with Crippen molar-refractivity contribution in [2.24, 2.45) is 0 Å². The van der Waals surface area contributed by atoms with E-state index in [1.807, 2.05) is 12.5 Å². The molecule has 0 saturated heterocycles. The molecule has 3 nitrogen and oxygen atoms in total. The lowest BCUT2D eigenvalue weighted by atomic mass is 9.98. The molecule has 0 spiro atoms. The highest BCUT2D eigenvalue weighted by Gasteiger charge is 2.15. The summed E-state index contributed by atoms with van der Waals surface area (Å²) in [5.74, 6) is 0. The van der Waals surface area contributed by atoms with Crippen LogP contribution in [0.3, 0.4) is 0 Å². The number of anilines is 1. The van der Waals surface area contributed by atoms with Gasteiger partial charge in [0.15, 0.2) is 0 Å². The topological polar surface area (TPSA) is 29.9 Å². The van der Waals surface area contributed by atoms with Gasteiger partial charge in [-0.2, -0.15) is 0 Å². The van der Waals surface area contributed by atoms with Crippen molar-refractivity contribution in [3.63, 3.8) is 0 Å². The number of benzene rings is 1. The van der Waals surface area contributed by atoms with Crippen LogP contribution in [-0.2, 0) is 13.0 Å². The normalized spacial score (nSPS) is 13.9. The Labute approximate surface area is 114 Å². The van der Waals surface area contributed by atoms with Crippen LogP contribution >= 0.6 is 0 Å². The lowest BCUT2D eigenvalue weighted by Crippen LogP contribution is -2.13. The fourth-order valence-electron chi connectivity index (χ4n) is 2.77. The largest absolute Gasteiger partial charge is 0.384 e. The average Bonchev–Trinajstić information content (AvgIpc) is 2.92. The van der Waals surface area contributed by atoms with E-state index in [1.165, 1.54) is 48.2 Å². The van der Waals surface area contributed by atoms with Gasteiger partial charge in [-0.05, 0) is 24.8 Å². The molecule has 0 aliphatic carbocycles. The van der Waals surface area contributed by atoms with Crippen LogP contribution in [0.4, 0.5) is 5.69 Å². The van der Waals surface area contributed by atoms with Gasteiger partial charge >= 0.3 is 0 Å². The summed E-state index contributed by atoms with van der Waals surface area (Å²) in [6, 6.07) is 6.60. The standard InChI is InChI=1S/C16H21N3/c1-2-3-10-19-12-17-11-15(19)14-8-4-6-13-7-5-9-18-16(13)14/h4,6,8,11-12,18H,2-3,5,7,9-10H2,1H3. The minimum Gasteiger partial charge on any atom is -0.384 e. The van der Waals surface area contributed by atoms with Gasteiger partial charge in [0.1, 0.15) is 0 Å². The molecule has 0 saturated carbocycles. The molecule has 1 aromatic heterocycles. The van der Waals surface area contributed by atoms with E-state index < -0.39 is 0 Å². The van der Waals surface area contributed by atoms with Crippen molar-refractivity contribution in [1.29, 1.82) is 0 Å². The van der Waals surface area contributed by atoms with Gasteiger partial charge in [-0.1, -0.05) is 31.5 Å². The molecule has 0 atom stereocenters. The van der Waals surface area contributed by atoms with Gasteiger partial charge in [-0.25, -0.2) is 4.98 Å². The highest BCUT2D eigenvalue weighted by Crippen LogP contribution is 2.33. The molecule has 3 rings (SSSR count). The van der Waals surface area contributed by atoms with Crippen molar-refractivity contribution >= 4 is 5.69 Å². The van der Waals surface area contributed by atoms with E-state index in [0.29, 0.717) is 0 Å². The molecule has 19 heavy (non-hydrogen) atoms. The minimum absolute atomic E-state index is 1.05. The zero-order chi connectivity index (χ0) is 13.1. The van der Waals surface area contributed by atoms with E-state index >= 15 is 0 Å². The molecule has 2 aromatic rings. The van der Waals surface area contributed by atoms with E-state index in [0.717, 1.165) is 13.1 Å². The summed E-state index contributed by atoms with van der Waals surface area (Å²) in [5, 5.41) is 3.56. The Bertz CT molecular complexity index is 557. The molecule has 1 aromatic carbocycles. The van der Waals surface area contributed by atoms with Gasteiger partial charge in [-0.15, -0.1) is 0 Å². The van der Waals surface area contributed by atoms with Crippen LogP contribution in [0.25, 0.3) is 11.3 Å². The molecule has 100 valence electrons. The number of hydrogen-bond acceptors (Lipinski definition) is 2. The number of imidazole rings is 1. The number of aryl methyl sites for hydroxylation is 2. The van der Waals surface area contributed by atoms with Crippen LogP contribution in [0.15, 0.2) is 30.7 Å². The monoisotopic (exact) mass is 255 g/mol. The highest BCUT2D eigenvalue weighted by atomic mass is 15.0. The van der Waals surface area contributed by atoms with Crippen molar-refractivity contribution < 1.29 is 0 Å². The van der Waals surface area contributed by atoms with Gasteiger partial charge in [0.25, 0.3) is 0 Å². The number of nitrogens with zero attached hydrogens (tertiary/aromatic N) is 2. The first-order valence-electron chi connectivity index (χ1n) is 7.26. The van der Waals surface area contributed by atoms with E-state index in [4.69, 9.17) is 0 Å². The van der Waals surface area contributed by atoms with Crippen molar-refractivity contribution in [1.82, 2.24) is 9.55 Å². The first-order valence-corrected chi connectivity index (χ1v) is 7.26. The van der Waals surface area contributed by atoms with E-state index in [9.17, 15) is 0 Å². The molecule has 2 heterocycles. The predicted octanol–water partition coefficient (Wildman–Crippen LogP) is 3.71. The molecule has 3 heteroatoms. The van der Waals surface area contributed by atoms with Crippen LogP contribution in [0.2, 0.25) is 0 Å². The number of fused-ring (bicyclic) bond motifs is 1. The Balaban J connectivity index is 2.00. The van der Waals surface area contributed by atoms with Crippen LogP contribution in [0, 0.1) is 0 Å². The third kappa shape index (κ3) is 2.37. The molecule has 1 aliphatic rings. The van der Waals surface area contributed by atoms with Gasteiger partial charge in [0, 0.05) is 24.3 Å². The summed E-state index contributed by atoms with van der Waals surface area (Å²) in [6.45, 7) is 4.35.